The van der Waals surface area contributed by atoms with Crippen LogP contribution in [0.1, 0.15) is 43.5 Å². The second-order valence-corrected chi connectivity index (χ2v) is 8.55. The highest BCUT2D eigenvalue weighted by Crippen LogP contribution is 2.26. The highest BCUT2D eigenvalue weighted by molar-refractivity contribution is 7.89. The first-order valence-corrected chi connectivity index (χ1v) is 11.1. The van der Waals surface area contributed by atoms with E-state index >= 15 is 0 Å². The SMILES string of the molecule is CCc1nnc(N2CCC(NS(=O)(=O)c3ccccc3)CC2)c(C#N)c1CC. The summed E-state index contributed by atoms with van der Waals surface area (Å²) in [6.45, 7) is 5.28. The van der Waals surface area contributed by atoms with Crippen molar-refractivity contribution in [3.8, 4) is 6.07 Å². The molecule has 2 heterocycles. The Hall–Kier alpha value is -2.50. The van der Waals surface area contributed by atoms with Gasteiger partial charge in [-0.15, -0.1) is 5.10 Å². The standard InChI is InChI=1S/C20H25N5O2S/c1-3-17-18(14-21)20(23-22-19(17)4-2)25-12-10-15(11-13-25)24-28(26,27)16-8-6-5-7-9-16/h5-9,15,24H,3-4,10-13H2,1-2H3. The molecule has 1 aromatic heterocycles. The van der Waals surface area contributed by atoms with Crippen molar-refractivity contribution in [1.29, 1.82) is 5.26 Å². The van der Waals surface area contributed by atoms with Crippen LogP contribution in [0.25, 0.3) is 0 Å². The minimum Gasteiger partial charge on any atom is -0.354 e. The molecule has 1 aliphatic heterocycles. The van der Waals surface area contributed by atoms with Crippen LogP contribution in [-0.4, -0.2) is 37.7 Å². The Balaban J connectivity index is 1.72. The predicted molar refractivity (Wildman–Crippen MR) is 108 cm³/mol. The molecule has 0 atom stereocenters. The number of anilines is 1. The third kappa shape index (κ3) is 4.16. The summed E-state index contributed by atoms with van der Waals surface area (Å²) >= 11 is 0. The molecule has 148 valence electrons. The maximum atomic E-state index is 12.5. The molecule has 0 aliphatic carbocycles. The Labute approximate surface area is 166 Å². The molecule has 1 aliphatic rings. The maximum Gasteiger partial charge on any atom is 0.240 e. The molecule has 7 nitrogen and oxygen atoms in total. The van der Waals surface area contributed by atoms with Gasteiger partial charge in [-0.1, -0.05) is 32.0 Å². The van der Waals surface area contributed by atoms with Crippen molar-refractivity contribution in [2.45, 2.75) is 50.5 Å². The second-order valence-electron chi connectivity index (χ2n) is 6.84. The van der Waals surface area contributed by atoms with Gasteiger partial charge in [0.1, 0.15) is 11.6 Å². The fraction of sp³-hybridized carbons (Fsp3) is 0.450. The zero-order chi connectivity index (χ0) is 20.1. The molecule has 1 N–H and O–H groups in total. The Morgan fingerprint density at radius 3 is 2.39 bits per heavy atom. The predicted octanol–water partition coefficient (Wildman–Crippen LogP) is 2.42. The van der Waals surface area contributed by atoms with E-state index in [1.54, 1.807) is 30.3 Å². The Kier molecular flexibility index (Phi) is 6.27. The molecule has 1 saturated heterocycles. The van der Waals surface area contributed by atoms with Crippen LogP contribution in [0, 0.1) is 11.3 Å². The van der Waals surface area contributed by atoms with Crippen LogP contribution in [0.4, 0.5) is 5.82 Å². The Bertz CT molecular complexity index is 962. The summed E-state index contributed by atoms with van der Waals surface area (Å²) in [7, 11) is -3.52. The molecule has 0 bridgehead atoms. The normalized spacial score (nSPS) is 15.4. The van der Waals surface area contributed by atoms with Crippen LogP contribution in [0.3, 0.4) is 0 Å². The number of hydrogen-bond donors (Lipinski definition) is 1. The van der Waals surface area contributed by atoms with Gasteiger partial charge in [-0.25, -0.2) is 13.1 Å². The number of nitrogens with zero attached hydrogens (tertiary/aromatic N) is 4. The molecular weight excluding hydrogens is 374 g/mol. The number of sulfonamides is 1. The van der Waals surface area contributed by atoms with E-state index < -0.39 is 10.0 Å². The zero-order valence-electron chi connectivity index (χ0n) is 16.2. The fourth-order valence-electron chi connectivity index (χ4n) is 3.60. The van der Waals surface area contributed by atoms with Gasteiger partial charge in [-0.05, 0) is 43.4 Å². The quantitative estimate of drug-likeness (QED) is 0.801. The van der Waals surface area contributed by atoms with E-state index in [4.69, 9.17) is 0 Å². The Morgan fingerprint density at radius 2 is 1.82 bits per heavy atom. The summed E-state index contributed by atoms with van der Waals surface area (Å²) in [6, 6.07) is 10.6. The summed E-state index contributed by atoms with van der Waals surface area (Å²) < 4.78 is 27.8. The molecule has 0 radical (unpaired) electrons. The minimum absolute atomic E-state index is 0.138. The van der Waals surface area contributed by atoms with Gasteiger partial charge in [0.15, 0.2) is 5.82 Å². The number of hydrogen-bond acceptors (Lipinski definition) is 6. The average molecular weight is 400 g/mol. The van der Waals surface area contributed by atoms with Gasteiger partial charge in [-0.2, -0.15) is 10.4 Å². The van der Waals surface area contributed by atoms with E-state index in [-0.39, 0.29) is 10.9 Å². The van der Waals surface area contributed by atoms with Crippen molar-refractivity contribution < 1.29 is 8.42 Å². The van der Waals surface area contributed by atoms with Crippen molar-refractivity contribution in [3.05, 3.63) is 47.2 Å². The van der Waals surface area contributed by atoms with Crippen molar-refractivity contribution in [2.24, 2.45) is 0 Å². The third-order valence-electron chi connectivity index (χ3n) is 5.11. The van der Waals surface area contributed by atoms with E-state index in [0.29, 0.717) is 37.3 Å². The lowest BCUT2D eigenvalue weighted by atomic mass is 10.0. The molecule has 0 saturated carbocycles. The van der Waals surface area contributed by atoms with E-state index in [9.17, 15) is 13.7 Å². The highest BCUT2D eigenvalue weighted by Gasteiger charge is 2.27. The Morgan fingerprint density at radius 1 is 1.14 bits per heavy atom. The van der Waals surface area contributed by atoms with Crippen molar-refractivity contribution >= 4 is 15.8 Å². The summed E-state index contributed by atoms with van der Waals surface area (Å²) in [6.07, 6.45) is 2.78. The van der Waals surface area contributed by atoms with Crippen molar-refractivity contribution in [1.82, 2.24) is 14.9 Å². The summed E-state index contributed by atoms with van der Waals surface area (Å²) in [5.41, 5.74) is 2.42. The third-order valence-corrected chi connectivity index (χ3v) is 6.65. The molecule has 8 heteroatoms. The van der Waals surface area contributed by atoms with Gasteiger partial charge < -0.3 is 4.90 Å². The largest absolute Gasteiger partial charge is 0.354 e. The lowest BCUT2D eigenvalue weighted by Gasteiger charge is -2.33. The van der Waals surface area contributed by atoms with E-state index in [2.05, 4.69) is 21.0 Å². The molecular formula is C20H25N5O2S. The molecule has 0 spiro atoms. The first kappa shape index (κ1) is 20.2. The first-order valence-electron chi connectivity index (χ1n) is 9.61. The molecule has 0 amide bonds. The van der Waals surface area contributed by atoms with Gasteiger partial charge in [0.05, 0.1) is 10.6 Å². The molecule has 2 aromatic rings. The number of piperidine rings is 1. The molecule has 1 fully saturated rings. The van der Waals surface area contributed by atoms with Crippen molar-refractivity contribution in [2.75, 3.05) is 18.0 Å². The number of nitriles is 1. The number of aryl methyl sites for hydroxylation is 1. The fourth-order valence-corrected chi connectivity index (χ4v) is 4.92. The number of rotatable bonds is 6. The summed E-state index contributed by atoms with van der Waals surface area (Å²) in [4.78, 5) is 2.31. The molecule has 1 aromatic carbocycles. The van der Waals surface area contributed by atoms with Crippen LogP contribution < -0.4 is 9.62 Å². The van der Waals surface area contributed by atoms with Crippen LogP contribution in [0.15, 0.2) is 35.2 Å². The average Bonchev–Trinajstić information content (AvgIpc) is 2.73. The monoisotopic (exact) mass is 399 g/mol. The van der Waals surface area contributed by atoms with Crippen LogP contribution >= 0.6 is 0 Å². The first-order chi connectivity index (χ1) is 13.5. The van der Waals surface area contributed by atoms with Gasteiger partial charge in [-0.3, -0.25) is 0 Å². The smallest absolute Gasteiger partial charge is 0.240 e. The van der Waals surface area contributed by atoms with Gasteiger partial charge in [0.25, 0.3) is 0 Å². The number of benzene rings is 1. The van der Waals surface area contributed by atoms with Gasteiger partial charge >= 0.3 is 0 Å². The van der Waals surface area contributed by atoms with Crippen LogP contribution in [0.2, 0.25) is 0 Å². The second kappa shape index (κ2) is 8.67. The van der Waals surface area contributed by atoms with E-state index in [1.807, 2.05) is 18.7 Å². The topological polar surface area (TPSA) is 99.0 Å². The molecule has 0 unspecified atom stereocenters. The molecule has 28 heavy (non-hydrogen) atoms. The summed E-state index contributed by atoms with van der Waals surface area (Å²) in [5.74, 6) is 0.612. The minimum atomic E-state index is -3.52. The van der Waals surface area contributed by atoms with E-state index in [0.717, 1.165) is 24.1 Å². The zero-order valence-corrected chi connectivity index (χ0v) is 17.0. The number of aromatic nitrogens is 2. The lowest BCUT2D eigenvalue weighted by Crippen LogP contribution is -2.45. The van der Waals surface area contributed by atoms with Gasteiger partial charge in [0, 0.05) is 19.1 Å². The van der Waals surface area contributed by atoms with Crippen molar-refractivity contribution in [3.63, 3.8) is 0 Å². The van der Waals surface area contributed by atoms with Crippen LogP contribution in [-0.2, 0) is 22.9 Å². The highest BCUT2D eigenvalue weighted by atomic mass is 32.2. The molecule has 3 rings (SSSR count). The van der Waals surface area contributed by atoms with E-state index in [1.165, 1.54) is 0 Å². The maximum absolute atomic E-state index is 12.5. The lowest BCUT2D eigenvalue weighted by molar-refractivity contribution is 0.457. The number of nitrogens with one attached hydrogen (secondary N) is 1. The summed E-state index contributed by atoms with van der Waals surface area (Å²) in [5, 5.41) is 18.3. The van der Waals surface area contributed by atoms with Gasteiger partial charge in [0.2, 0.25) is 10.0 Å². The van der Waals surface area contributed by atoms with Crippen LogP contribution in [0.5, 0.6) is 0 Å².